The first-order chi connectivity index (χ1) is 15.9. The van der Waals surface area contributed by atoms with Crippen LogP contribution in [0.2, 0.25) is 5.02 Å². The van der Waals surface area contributed by atoms with Gasteiger partial charge in [-0.3, -0.25) is 0 Å². The molecule has 166 valence electrons. The molecule has 0 radical (unpaired) electrons. The molecule has 0 spiro atoms. The van der Waals surface area contributed by atoms with Crippen LogP contribution in [0.1, 0.15) is 12.0 Å². The Hall–Kier alpha value is -3.42. The minimum Gasteiger partial charge on any atom is -0.384 e. The summed E-state index contributed by atoms with van der Waals surface area (Å²) in [5, 5.41) is 0.455. The van der Waals surface area contributed by atoms with Crippen molar-refractivity contribution in [3.63, 3.8) is 0 Å². The van der Waals surface area contributed by atoms with Crippen LogP contribution in [-0.2, 0) is 22.8 Å². The van der Waals surface area contributed by atoms with Crippen LogP contribution in [0.5, 0.6) is 0 Å². The summed E-state index contributed by atoms with van der Waals surface area (Å²) in [5.74, 6) is 0.142. The van der Waals surface area contributed by atoms with E-state index < -0.39 is 9.84 Å². The fourth-order valence-corrected chi connectivity index (χ4v) is 5.63. The van der Waals surface area contributed by atoms with Crippen LogP contribution < -0.4 is 5.73 Å². The molecular weight excluding hydrogens is 456 g/mol. The molecular formula is C25H21ClN4O2S. The second kappa shape index (κ2) is 8.50. The normalized spacial score (nSPS) is 11.9. The number of hydrogen-bond acceptors (Lipinski definition) is 5. The Morgan fingerprint density at radius 3 is 2.18 bits per heavy atom. The monoisotopic (exact) mass is 476 g/mol. The lowest BCUT2D eigenvalue weighted by molar-refractivity contribution is 0.596. The first-order valence-corrected chi connectivity index (χ1v) is 12.4. The van der Waals surface area contributed by atoms with Crippen molar-refractivity contribution in [2.45, 2.75) is 29.2 Å². The molecule has 8 heteroatoms. The number of fused-ring (bicyclic) bond motifs is 2. The second-order valence-corrected chi connectivity index (χ2v) is 10.1. The molecule has 0 amide bonds. The van der Waals surface area contributed by atoms with Gasteiger partial charge in [-0.2, -0.15) is 0 Å². The first kappa shape index (κ1) is 21.4. The molecule has 0 bridgehead atoms. The molecule has 2 N–H and O–H groups in total. The van der Waals surface area contributed by atoms with Crippen molar-refractivity contribution >= 4 is 49.5 Å². The average molecular weight is 477 g/mol. The number of rotatable bonds is 6. The summed E-state index contributed by atoms with van der Waals surface area (Å²) in [6, 6.07) is 23.6. The molecule has 0 aliphatic rings. The van der Waals surface area contributed by atoms with Gasteiger partial charge in [-0.25, -0.2) is 18.4 Å². The highest BCUT2D eigenvalue weighted by Gasteiger charge is 2.30. The number of anilines is 1. The number of halogens is 1. The molecule has 2 aromatic heterocycles. The van der Waals surface area contributed by atoms with Crippen LogP contribution in [0, 0.1) is 0 Å². The van der Waals surface area contributed by atoms with Crippen LogP contribution >= 0.6 is 11.6 Å². The van der Waals surface area contributed by atoms with Gasteiger partial charge >= 0.3 is 0 Å². The van der Waals surface area contributed by atoms with Crippen LogP contribution in [-0.4, -0.2) is 23.0 Å². The van der Waals surface area contributed by atoms with Gasteiger partial charge in [0.15, 0.2) is 5.65 Å². The van der Waals surface area contributed by atoms with Gasteiger partial charge in [0.05, 0.1) is 15.9 Å². The zero-order valence-electron chi connectivity index (χ0n) is 17.6. The third-order valence-electron chi connectivity index (χ3n) is 5.63. The fraction of sp³-hybridized carbons (Fsp3) is 0.120. The van der Waals surface area contributed by atoms with E-state index in [0.717, 1.165) is 12.8 Å². The number of hydrogen-bond donors (Lipinski definition) is 1. The van der Waals surface area contributed by atoms with E-state index in [0.29, 0.717) is 28.2 Å². The van der Waals surface area contributed by atoms with E-state index in [1.807, 2.05) is 42.5 Å². The number of benzene rings is 3. The predicted molar refractivity (Wildman–Crippen MR) is 131 cm³/mol. The highest BCUT2D eigenvalue weighted by Crippen LogP contribution is 2.35. The Bertz CT molecular complexity index is 1560. The number of sulfone groups is 1. The van der Waals surface area contributed by atoms with Crippen LogP contribution in [0.15, 0.2) is 88.7 Å². The maximum atomic E-state index is 13.6. The average Bonchev–Trinajstić information content (AvgIpc) is 3.09. The Kier molecular flexibility index (Phi) is 5.52. The predicted octanol–water partition coefficient (Wildman–Crippen LogP) is 5.29. The molecule has 0 unspecified atom stereocenters. The molecule has 5 rings (SSSR count). The third kappa shape index (κ3) is 3.94. The van der Waals surface area contributed by atoms with Crippen molar-refractivity contribution in [2.75, 3.05) is 5.73 Å². The van der Waals surface area contributed by atoms with Gasteiger partial charge in [0, 0.05) is 11.6 Å². The largest absolute Gasteiger partial charge is 0.384 e. The Morgan fingerprint density at radius 1 is 0.848 bits per heavy atom. The Labute approximate surface area is 196 Å². The van der Waals surface area contributed by atoms with Gasteiger partial charge in [0.1, 0.15) is 16.2 Å². The van der Waals surface area contributed by atoms with Gasteiger partial charge in [0.2, 0.25) is 9.84 Å². The number of nitrogens with two attached hydrogens (primary N) is 1. The van der Waals surface area contributed by atoms with E-state index in [1.165, 1.54) is 17.7 Å². The van der Waals surface area contributed by atoms with Crippen molar-refractivity contribution < 1.29 is 8.42 Å². The highest BCUT2D eigenvalue weighted by molar-refractivity contribution is 7.92. The summed E-state index contributed by atoms with van der Waals surface area (Å²) in [4.78, 5) is 9.50. The molecule has 3 aromatic carbocycles. The quantitative estimate of drug-likeness (QED) is 0.359. The number of aryl methyl sites for hydroxylation is 2. The molecule has 6 nitrogen and oxygen atoms in total. The summed E-state index contributed by atoms with van der Waals surface area (Å²) in [6.07, 6.45) is 1.60. The van der Waals surface area contributed by atoms with Crippen molar-refractivity contribution in [3.8, 4) is 0 Å². The van der Waals surface area contributed by atoms with E-state index >= 15 is 0 Å². The molecule has 0 aliphatic carbocycles. The van der Waals surface area contributed by atoms with Gasteiger partial charge in [0.25, 0.3) is 0 Å². The second-order valence-electron chi connectivity index (χ2n) is 7.80. The van der Waals surface area contributed by atoms with E-state index in [4.69, 9.17) is 22.3 Å². The third-order valence-corrected chi connectivity index (χ3v) is 7.71. The van der Waals surface area contributed by atoms with E-state index in [2.05, 4.69) is 17.1 Å². The molecule has 0 saturated carbocycles. The van der Waals surface area contributed by atoms with Crippen molar-refractivity contribution in [3.05, 3.63) is 89.4 Å². The number of aromatic nitrogens is 3. The van der Waals surface area contributed by atoms with Crippen molar-refractivity contribution in [1.29, 1.82) is 0 Å². The van der Waals surface area contributed by atoms with Crippen LogP contribution in [0.25, 0.3) is 22.2 Å². The summed E-state index contributed by atoms with van der Waals surface area (Å²) in [7, 11) is -3.94. The number of nitrogen functional groups attached to an aromatic ring is 1. The molecule has 5 aromatic rings. The van der Waals surface area contributed by atoms with E-state index in [-0.39, 0.29) is 21.1 Å². The van der Waals surface area contributed by atoms with Gasteiger partial charge in [-0.05, 0) is 54.8 Å². The number of para-hydroxylation sites is 2. The van der Waals surface area contributed by atoms with Gasteiger partial charge < -0.3 is 10.3 Å². The standard InChI is InChI=1S/C25H21ClN4O2S/c26-18-12-14-19(15-13-18)33(31,32)23-22-25(29-21-11-5-4-10-20(21)28-22)30(24(23)27)16-6-9-17-7-2-1-3-8-17/h1-5,7-8,10-15H,6,9,16,27H2. The fourth-order valence-electron chi connectivity index (χ4n) is 4.00. The SMILES string of the molecule is Nc1c(S(=O)(=O)c2ccc(Cl)cc2)c2nc3ccccc3nc2n1CCCc1ccccc1. The molecule has 0 atom stereocenters. The maximum Gasteiger partial charge on any atom is 0.212 e. The van der Waals surface area contributed by atoms with Crippen LogP contribution in [0.3, 0.4) is 0 Å². The summed E-state index contributed by atoms with van der Waals surface area (Å²) < 4.78 is 29.0. The highest BCUT2D eigenvalue weighted by atomic mass is 35.5. The molecule has 0 fully saturated rings. The zero-order valence-corrected chi connectivity index (χ0v) is 19.2. The Morgan fingerprint density at radius 2 is 1.48 bits per heavy atom. The minimum atomic E-state index is -3.94. The maximum absolute atomic E-state index is 13.6. The molecule has 33 heavy (non-hydrogen) atoms. The summed E-state index contributed by atoms with van der Waals surface area (Å²) in [5.41, 5.74) is 9.73. The zero-order chi connectivity index (χ0) is 23.0. The smallest absolute Gasteiger partial charge is 0.212 e. The number of nitrogens with zero attached hydrogens (tertiary/aromatic N) is 3. The van der Waals surface area contributed by atoms with Crippen molar-refractivity contribution in [1.82, 2.24) is 14.5 Å². The van der Waals surface area contributed by atoms with Gasteiger partial charge in [-0.1, -0.05) is 54.1 Å². The molecule has 0 saturated heterocycles. The minimum absolute atomic E-state index is 0.0159. The van der Waals surface area contributed by atoms with Crippen molar-refractivity contribution in [2.24, 2.45) is 0 Å². The van der Waals surface area contributed by atoms with Crippen LogP contribution in [0.4, 0.5) is 5.82 Å². The topological polar surface area (TPSA) is 90.9 Å². The molecule has 0 aliphatic heterocycles. The van der Waals surface area contributed by atoms with E-state index in [9.17, 15) is 8.42 Å². The lowest BCUT2D eigenvalue weighted by Crippen LogP contribution is -2.09. The lowest BCUT2D eigenvalue weighted by atomic mass is 10.1. The summed E-state index contributed by atoms with van der Waals surface area (Å²) >= 11 is 5.97. The first-order valence-electron chi connectivity index (χ1n) is 10.5. The lowest BCUT2D eigenvalue weighted by Gasteiger charge is -2.08. The molecule has 2 heterocycles. The van der Waals surface area contributed by atoms with Gasteiger partial charge in [-0.15, -0.1) is 0 Å². The van der Waals surface area contributed by atoms with E-state index in [1.54, 1.807) is 16.7 Å². The Balaban J connectivity index is 1.66. The summed E-state index contributed by atoms with van der Waals surface area (Å²) in [6.45, 7) is 0.514.